The van der Waals surface area contributed by atoms with Gasteiger partial charge < -0.3 is 19.8 Å². The fraction of sp³-hybridized carbons (Fsp3) is 0.333. The van der Waals surface area contributed by atoms with Crippen LogP contribution in [-0.2, 0) is 20.6 Å². The SMILES string of the molecule is CCOc1cc([C@@H]2c3sc(=O)[nH]c3S[C@@H]3[C@@H]4C[C@@H]([C@@H]5C(=O)N(c6cccc(C(F)(F)F)c6)C(=O)[C@@H]45)[C@H]23)ccc1OCC(=O)Nc1ccc(Cl)c(Cl)c1. The van der Waals surface area contributed by atoms with Crippen molar-refractivity contribution in [3.8, 4) is 11.5 Å². The summed E-state index contributed by atoms with van der Waals surface area (Å²) in [6, 6.07) is 14.4. The Hall–Kier alpha value is -3.98. The number of amides is 3. The first-order valence-corrected chi connectivity index (χ1v) is 18.9. The number of alkyl halides is 3. The molecule has 2 N–H and O–H groups in total. The van der Waals surface area contributed by atoms with Gasteiger partial charge in [-0.05, 0) is 85.2 Å². The fourth-order valence-corrected chi connectivity index (χ4v) is 11.7. The van der Waals surface area contributed by atoms with Gasteiger partial charge in [0.25, 0.3) is 5.91 Å². The number of carbonyl (C=O) groups is 3. The molecule has 3 heterocycles. The number of fused-ring (bicyclic) bond motifs is 9. The van der Waals surface area contributed by atoms with Crippen molar-refractivity contribution in [1.29, 1.82) is 0 Å². The van der Waals surface area contributed by atoms with E-state index in [0.717, 1.165) is 38.8 Å². The topological polar surface area (TPSA) is 118 Å². The van der Waals surface area contributed by atoms with Crippen molar-refractivity contribution in [2.45, 2.75) is 35.7 Å². The van der Waals surface area contributed by atoms with E-state index in [-0.39, 0.29) is 51.1 Å². The van der Waals surface area contributed by atoms with E-state index in [1.54, 1.807) is 18.2 Å². The van der Waals surface area contributed by atoms with Gasteiger partial charge in [0.05, 0.1) is 44.8 Å². The van der Waals surface area contributed by atoms with E-state index in [9.17, 15) is 32.3 Å². The Labute approximate surface area is 312 Å². The molecule has 7 atom stereocenters. The average Bonchev–Trinajstić information content (AvgIpc) is 3.84. The second kappa shape index (κ2) is 13.2. The van der Waals surface area contributed by atoms with E-state index >= 15 is 0 Å². The molecule has 0 spiro atoms. The van der Waals surface area contributed by atoms with Crippen LogP contribution in [-0.4, -0.2) is 41.2 Å². The van der Waals surface area contributed by atoms with Crippen LogP contribution in [0.1, 0.15) is 35.3 Å². The normalized spacial score (nSPS) is 25.9. The van der Waals surface area contributed by atoms with Crippen LogP contribution in [0.15, 0.2) is 70.5 Å². The number of ether oxygens (including phenoxy) is 2. The Morgan fingerprint density at radius 3 is 2.46 bits per heavy atom. The standard InChI is InChI=1S/C36H28Cl2F3N3O6S2/c1-2-49-24-10-15(6-9-23(24)50-14-25(45)42-17-7-8-21(37)22(38)12-17)26-27-19-13-20(30(27)51-32-31(26)52-35(48)43-32)29-28(19)33(46)44(34(29)47)18-5-3-4-16(11-18)36(39,40)41/h3-12,19-20,26-30H,2,13-14H2,1H3,(H,42,45)(H,43,48)/t19-,20-,26+,27-,28+,29+,30-/m1/s1. The molecule has 9 nitrogen and oxygen atoms in total. The van der Waals surface area contributed by atoms with Gasteiger partial charge in [0.1, 0.15) is 0 Å². The molecule has 16 heteroatoms. The number of nitrogens with one attached hydrogen (secondary N) is 2. The van der Waals surface area contributed by atoms with Gasteiger partial charge in [0.2, 0.25) is 11.8 Å². The Bertz CT molecular complexity index is 2190. The van der Waals surface area contributed by atoms with Crippen molar-refractivity contribution >= 4 is 75.4 Å². The van der Waals surface area contributed by atoms with Crippen molar-refractivity contribution in [2.75, 3.05) is 23.4 Å². The van der Waals surface area contributed by atoms with Crippen molar-refractivity contribution in [2.24, 2.45) is 29.6 Å². The fourth-order valence-electron chi connectivity index (χ4n) is 8.49. The maximum atomic E-state index is 14.1. The molecule has 0 unspecified atom stereocenters. The largest absolute Gasteiger partial charge is 0.490 e. The van der Waals surface area contributed by atoms with Gasteiger partial charge in [0.15, 0.2) is 18.1 Å². The Morgan fingerprint density at radius 2 is 1.73 bits per heavy atom. The zero-order valence-electron chi connectivity index (χ0n) is 27.0. The number of carbonyl (C=O) groups excluding carboxylic acids is 3. The highest BCUT2D eigenvalue weighted by atomic mass is 35.5. The molecule has 4 aliphatic rings. The lowest BCUT2D eigenvalue weighted by atomic mass is 9.68. The van der Waals surface area contributed by atoms with Crippen LogP contribution < -0.4 is 24.6 Å². The molecule has 3 amide bonds. The van der Waals surface area contributed by atoms with E-state index in [1.807, 2.05) is 19.1 Å². The lowest BCUT2D eigenvalue weighted by Crippen LogP contribution is -2.42. The number of rotatable bonds is 8. The van der Waals surface area contributed by atoms with Crippen LogP contribution in [0.2, 0.25) is 10.0 Å². The summed E-state index contributed by atoms with van der Waals surface area (Å²) in [6.45, 7) is 1.77. The highest BCUT2D eigenvalue weighted by molar-refractivity contribution is 8.00. The maximum Gasteiger partial charge on any atom is 0.416 e. The molecule has 8 rings (SSSR count). The number of halogens is 5. The van der Waals surface area contributed by atoms with Crippen LogP contribution >= 0.6 is 46.3 Å². The molecule has 2 aliphatic heterocycles. The molecule has 2 aliphatic carbocycles. The van der Waals surface area contributed by atoms with Crippen LogP contribution in [0.3, 0.4) is 0 Å². The first-order chi connectivity index (χ1) is 24.8. The molecule has 52 heavy (non-hydrogen) atoms. The number of aromatic amines is 1. The number of thioether (sulfide) groups is 1. The summed E-state index contributed by atoms with van der Waals surface area (Å²) >= 11 is 14.6. The molecular weight excluding hydrogens is 762 g/mol. The Morgan fingerprint density at radius 1 is 0.962 bits per heavy atom. The smallest absolute Gasteiger partial charge is 0.416 e. The monoisotopic (exact) mass is 789 g/mol. The van der Waals surface area contributed by atoms with E-state index in [0.29, 0.717) is 40.3 Å². The lowest BCUT2D eigenvalue weighted by molar-refractivity contribution is -0.137. The molecule has 1 saturated heterocycles. The second-order valence-electron chi connectivity index (χ2n) is 13.1. The molecule has 2 bridgehead atoms. The van der Waals surface area contributed by atoms with Gasteiger partial charge in [-0.25, -0.2) is 0 Å². The van der Waals surface area contributed by atoms with Crippen molar-refractivity contribution in [3.63, 3.8) is 0 Å². The van der Waals surface area contributed by atoms with Crippen LogP contribution in [0.5, 0.6) is 11.5 Å². The van der Waals surface area contributed by atoms with E-state index in [2.05, 4.69) is 10.3 Å². The number of hydrogen-bond acceptors (Lipinski definition) is 8. The van der Waals surface area contributed by atoms with Gasteiger partial charge in [-0.3, -0.25) is 24.1 Å². The second-order valence-corrected chi connectivity index (χ2v) is 16.1. The third kappa shape index (κ3) is 5.87. The first kappa shape index (κ1) is 35.1. The molecule has 3 aromatic carbocycles. The first-order valence-electron chi connectivity index (χ1n) is 16.4. The van der Waals surface area contributed by atoms with Crippen LogP contribution in [0.25, 0.3) is 0 Å². The highest BCUT2D eigenvalue weighted by Crippen LogP contribution is 2.69. The van der Waals surface area contributed by atoms with Crippen LogP contribution in [0, 0.1) is 29.6 Å². The summed E-state index contributed by atoms with van der Waals surface area (Å²) in [6.07, 6.45) is -4.03. The zero-order valence-corrected chi connectivity index (χ0v) is 30.2. The predicted molar refractivity (Wildman–Crippen MR) is 191 cm³/mol. The molecule has 0 radical (unpaired) electrons. The minimum absolute atomic E-state index is 0.0863. The minimum Gasteiger partial charge on any atom is -0.490 e. The molecular formula is C36H28Cl2F3N3O6S2. The van der Waals surface area contributed by atoms with Crippen molar-refractivity contribution in [1.82, 2.24) is 4.98 Å². The summed E-state index contributed by atoms with van der Waals surface area (Å²) in [4.78, 5) is 57.9. The van der Waals surface area contributed by atoms with Gasteiger partial charge in [-0.15, -0.1) is 11.8 Å². The summed E-state index contributed by atoms with van der Waals surface area (Å²) in [5.41, 5.74) is 0.228. The summed E-state index contributed by atoms with van der Waals surface area (Å²) < 4.78 is 52.6. The molecule has 2 saturated carbocycles. The molecule has 1 aromatic heterocycles. The van der Waals surface area contributed by atoms with E-state index in [4.69, 9.17) is 32.7 Å². The number of imide groups is 1. The van der Waals surface area contributed by atoms with Gasteiger partial charge in [0, 0.05) is 21.7 Å². The molecule has 3 fully saturated rings. The van der Waals surface area contributed by atoms with Gasteiger partial charge in [-0.1, -0.05) is 46.7 Å². The lowest BCUT2D eigenvalue weighted by Gasteiger charge is -2.43. The van der Waals surface area contributed by atoms with Crippen molar-refractivity contribution < 1.29 is 37.0 Å². The molecule has 4 aromatic rings. The number of aromatic nitrogens is 1. The number of thiazole rings is 1. The van der Waals surface area contributed by atoms with Gasteiger partial charge >= 0.3 is 11.0 Å². The Balaban J connectivity index is 1.09. The Kier molecular flexibility index (Phi) is 8.87. The minimum atomic E-state index is -4.64. The van der Waals surface area contributed by atoms with E-state index in [1.165, 1.54) is 30.0 Å². The van der Waals surface area contributed by atoms with Crippen molar-refractivity contribution in [3.05, 3.63) is 96.4 Å². The third-order valence-corrected chi connectivity index (χ3v) is 13.7. The summed E-state index contributed by atoms with van der Waals surface area (Å²) in [5.74, 6) is -3.07. The zero-order chi connectivity index (χ0) is 36.6. The maximum absolute atomic E-state index is 14.1. The van der Waals surface area contributed by atoms with Crippen LogP contribution in [0.4, 0.5) is 24.5 Å². The molecule has 270 valence electrons. The quantitative estimate of drug-likeness (QED) is 0.175. The number of benzene rings is 3. The summed E-state index contributed by atoms with van der Waals surface area (Å²) in [7, 11) is 0. The number of hydrogen-bond donors (Lipinski definition) is 2. The third-order valence-electron chi connectivity index (χ3n) is 10.3. The number of nitrogens with zero attached hydrogens (tertiary/aromatic N) is 1. The predicted octanol–water partition coefficient (Wildman–Crippen LogP) is 7.86. The summed E-state index contributed by atoms with van der Waals surface area (Å²) in [5, 5.41) is 3.92. The highest BCUT2D eigenvalue weighted by Gasteiger charge is 2.69. The number of H-pyrrole nitrogens is 1. The number of anilines is 2. The van der Waals surface area contributed by atoms with E-state index < -0.39 is 41.3 Å². The average molecular weight is 791 g/mol. The van der Waals surface area contributed by atoms with Gasteiger partial charge in [-0.2, -0.15) is 13.2 Å².